The molecule has 1 saturated heterocycles. The van der Waals surface area contributed by atoms with E-state index in [1.54, 1.807) is 7.11 Å². The molecule has 7 aliphatic rings. The van der Waals surface area contributed by atoms with Gasteiger partial charge in [0, 0.05) is 46.9 Å². The van der Waals surface area contributed by atoms with Crippen LogP contribution in [-0.2, 0) is 22.2 Å². The van der Waals surface area contributed by atoms with E-state index in [0.29, 0.717) is 16.1 Å². The number of ether oxygens (including phenoxy) is 2. The van der Waals surface area contributed by atoms with Crippen LogP contribution in [0.2, 0.25) is 4.34 Å². The first kappa shape index (κ1) is 22.7. The summed E-state index contributed by atoms with van der Waals surface area (Å²) in [5.41, 5.74) is 0.645. The van der Waals surface area contributed by atoms with E-state index in [0.717, 1.165) is 49.4 Å². The average molecular weight is 528 g/mol. The summed E-state index contributed by atoms with van der Waals surface area (Å²) in [6, 6.07) is 8.24. The summed E-state index contributed by atoms with van der Waals surface area (Å²) < 4.78 is 14.2. The van der Waals surface area contributed by atoms with Crippen molar-refractivity contribution in [1.29, 1.82) is 0 Å². The second-order valence-corrected chi connectivity index (χ2v) is 14.4. The first-order chi connectivity index (χ1) is 17.3. The van der Waals surface area contributed by atoms with Crippen molar-refractivity contribution in [3.05, 3.63) is 44.6 Å². The van der Waals surface area contributed by atoms with Gasteiger partial charge < -0.3 is 19.7 Å². The lowest BCUT2D eigenvalue weighted by atomic mass is 9.33. The number of thiophene rings is 1. The minimum absolute atomic E-state index is 0.0210. The molecule has 192 valence electrons. The normalized spacial score (nSPS) is 41.6. The highest BCUT2D eigenvalue weighted by Crippen LogP contribution is 2.78. The Hall–Kier alpha value is -1.31. The summed E-state index contributed by atoms with van der Waals surface area (Å²) in [6.07, 6.45) is 7.31. The fraction of sp³-hybridized carbons (Fsp3) is 0.655. The SMILES string of the molecule is CO[C@]12CC[C@@]3(C[C@@H]1[C@](C)(O)c1ccc(Cl)s1)[C@H]1Cc4ccc(O)c5c4[C@@]3(CCN1CC1CC1)[C@H]2O5. The first-order valence-corrected chi connectivity index (χ1v) is 14.8. The molecule has 3 heterocycles. The molecule has 5 aliphatic carbocycles. The zero-order valence-electron chi connectivity index (χ0n) is 20.9. The number of phenolic OH excluding ortho intramolecular Hbond substituents is 1. The Morgan fingerprint density at radius 3 is 2.78 bits per heavy atom. The van der Waals surface area contributed by atoms with Gasteiger partial charge in [-0.05, 0) is 88.1 Å². The summed E-state index contributed by atoms with van der Waals surface area (Å²) in [5.74, 6) is 1.61. The molecule has 1 aromatic carbocycles. The largest absolute Gasteiger partial charge is 0.504 e. The number of hydrogen-bond donors (Lipinski definition) is 2. The number of hydrogen-bond acceptors (Lipinski definition) is 6. The van der Waals surface area contributed by atoms with E-state index in [2.05, 4.69) is 11.0 Å². The maximum atomic E-state index is 12.3. The number of aromatic hydroxyl groups is 1. The summed E-state index contributed by atoms with van der Waals surface area (Å²) in [5, 5.41) is 23.3. The molecule has 7 atom stereocenters. The molecule has 9 rings (SSSR count). The lowest BCUT2D eigenvalue weighted by molar-refractivity contribution is -0.303. The molecular formula is C29H34ClNO4S. The fourth-order valence-electron chi connectivity index (χ4n) is 9.82. The molecule has 2 spiro atoms. The number of piperidine rings is 1. The van der Waals surface area contributed by atoms with Crippen molar-refractivity contribution >= 4 is 22.9 Å². The molecule has 2 aromatic rings. The maximum absolute atomic E-state index is 12.3. The Morgan fingerprint density at radius 2 is 2.06 bits per heavy atom. The number of likely N-dealkylation sites (tertiary alicyclic amines) is 1. The molecule has 2 N–H and O–H groups in total. The van der Waals surface area contributed by atoms with Crippen molar-refractivity contribution in [3.63, 3.8) is 0 Å². The van der Waals surface area contributed by atoms with Crippen molar-refractivity contribution < 1.29 is 19.7 Å². The molecule has 0 amide bonds. The molecule has 0 unspecified atom stereocenters. The molecule has 4 saturated carbocycles. The Kier molecular flexibility index (Phi) is 4.41. The van der Waals surface area contributed by atoms with E-state index in [9.17, 15) is 10.2 Å². The van der Waals surface area contributed by atoms with Gasteiger partial charge in [0.15, 0.2) is 11.5 Å². The number of rotatable bonds is 5. The highest BCUT2D eigenvalue weighted by atomic mass is 35.5. The quantitative estimate of drug-likeness (QED) is 0.557. The number of benzene rings is 1. The minimum Gasteiger partial charge on any atom is -0.504 e. The summed E-state index contributed by atoms with van der Waals surface area (Å²) >= 11 is 7.81. The van der Waals surface area contributed by atoms with Crippen LogP contribution in [0, 0.1) is 17.3 Å². The fourth-order valence-corrected chi connectivity index (χ4v) is 11.0. The van der Waals surface area contributed by atoms with Gasteiger partial charge in [0.1, 0.15) is 17.3 Å². The Bertz CT molecular complexity index is 1270. The van der Waals surface area contributed by atoms with Gasteiger partial charge in [-0.3, -0.25) is 4.90 Å². The van der Waals surface area contributed by atoms with Crippen molar-refractivity contribution in [2.45, 2.75) is 80.6 Å². The van der Waals surface area contributed by atoms with Crippen LogP contribution >= 0.6 is 22.9 Å². The molecule has 5 fully saturated rings. The molecule has 5 nitrogen and oxygen atoms in total. The van der Waals surface area contributed by atoms with Gasteiger partial charge in [-0.2, -0.15) is 0 Å². The number of aliphatic hydroxyl groups is 1. The molecule has 7 heteroatoms. The van der Waals surface area contributed by atoms with Crippen LogP contribution in [0.5, 0.6) is 11.5 Å². The summed E-state index contributed by atoms with van der Waals surface area (Å²) in [7, 11) is 1.80. The zero-order valence-corrected chi connectivity index (χ0v) is 22.5. The van der Waals surface area contributed by atoms with Crippen molar-refractivity contribution in [1.82, 2.24) is 4.90 Å². The molecule has 4 bridgehead atoms. The second kappa shape index (κ2) is 7.01. The van der Waals surface area contributed by atoms with Gasteiger partial charge in [0.2, 0.25) is 0 Å². The van der Waals surface area contributed by atoms with Crippen molar-refractivity contribution in [3.8, 4) is 11.5 Å². The van der Waals surface area contributed by atoms with E-state index in [4.69, 9.17) is 21.1 Å². The van der Waals surface area contributed by atoms with Gasteiger partial charge in [0.25, 0.3) is 0 Å². The number of fused-ring (bicyclic) bond motifs is 2. The third-order valence-corrected chi connectivity index (χ3v) is 12.9. The van der Waals surface area contributed by atoms with Crippen LogP contribution in [0.1, 0.15) is 61.5 Å². The number of phenols is 1. The smallest absolute Gasteiger partial charge is 0.165 e. The van der Waals surface area contributed by atoms with Crippen LogP contribution in [0.3, 0.4) is 0 Å². The predicted molar refractivity (Wildman–Crippen MR) is 139 cm³/mol. The Labute approximate surface area is 221 Å². The van der Waals surface area contributed by atoms with Gasteiger partial charge in [-0.1, -0.05) is 17.7 Å². The van der Waals surface area contributed by atoms with Crippen molar-refractivity contribution in [2.75, 3.05) is 20.2 Å². The topological polar surface area (TPSA) is 62.2 Å². The molecular weight excluding hydrogens is 494 g/mol. The highest BCUT2D eigenvalue weighted by Gasteiger charge is 2.82. The molecule has 1 aromatic heterocycles. The van der Waals surface area contributed by atoms with Gasteiger partial charge >= 0.3 is 0 Å². The number of nitrogens with zero attached hydrogens (tertiary/aromatic N) is 1. The van der Waals surface area contributed by atoms with Crippen LogP contribution in [0.25, 0.3) is 0 Å². The van der Waals surface area contributed by atoms with E-state index >= 15 is 0 Å². The van der Waals surface area contributed by atoms with E-state index in [-0.39, 0.29) is 28.6 Å². The molecule has 2 aliphatic heterocycles. The average Bonchev–Trinajstić information content (AvgIpc) is 3.44. The zero-order chi connectivity index (χ0) is 24.7. The van der Waals surface area contributed by atoms with Crippen LogP contribution in [0.15, 0.2) is 24.3 Å². The van der Waals surface area contributed by atoms with Crippen LogP contribution in [0.4, 0.5) is 0 Å². The number of methoxy groups -OCH3 is 1. The summed E-state index contributed by atoms with van der Waals surface area (Å²) in [4.78, 5) is 3.69. The van der Waals surface area contributed by atoms with Crippen LogP contribution in [-0.4, -0.2) is 53.1 Å². The van der Waals surface area contributed by atoms with E-state index in [1.807, 2.05) is 25.1 Å². The van der Waals surface area contributed by atoms with Gasteiger partial charge in [-0.15, -0.1) is 11.3 Å². The van der Waals surface area contributed by atoms with Crippen molar-refractivity contribution in [2.24, 2.45) is 17.3 Å². The van der Waals surface area contributed by atoms with E-state index < -0.39 is 11.2 Å². The Morgan fingerprint density at radius 1 is 1.22 bits per heavy atom. The van der Waals surface area contributed by atoms with E-state index in [1.165, 1.54) is 41.9 Å². The lowest BCUT2D eigenvalue weighted by Gasteiger charge is -2.75. The highest BCUT2D eigenvalue weighted by molar-refractivity contribution is 7.16. The monoisotopic (exact) mass is 527 g/mol. The lowest BCUT2D eigenvalue weighted by Crippen LogP contribution is -2.82. The van der Waals surface area contributed by atoms with Gasteiger partial charge in [-0.25, -0.2) is 0 Å². The van der Waals surface area contributed by atoms with Crippen LogP contribution < -0.4 is 4.74 Å². The molecule has 0 radical (unpaired) electrons. The minimum atomic E-state index is -1.10. The summed E-state index contributed by atoms with van der Waals surface area (Å²) in [6.45, 7) is 4.21. The van der Waals surface area contributed by atoms with Gasteiger partial charge in [0.05, 0.1) is 4.34 Å². The second-order valence-electron chi connectivity index (χ2n) is 12.6. The standard InChI is InChI=1S/C29H34ClNO4S/c1-26(33,21-7-8-22(30)36-21)19-14-27-9-10-29(19,34-2)25-28(27)11-12-31(15-16-3-4-16)20(27)13-17-5-6-18(32)24(35-25)23(17)28/h5-8,16,19-20,25,32-33H,3-4,9-15H2,1-2H3/t19-,20-,25-,26+,27-,28+,29-/m1/s1. The third kappa shape index (κ3) is 2.45. The third-order valence-electron chi connectivity index (χ3n) is 11.4. The first-order valence-electron chi connectivity index (χ1n) is 13.6. The molecule has 36 heavy (non-hydrogen) atoms. The number of halogens is 1. The maximum Gasteiger partial charge on any atom is 0.165 e. The predicted octanol–water partition coefficient (Wildman–Crippen LogP) is 5.24. The Balaban J connectivity index is 1.36.